The van der Waals surface area contributed by atoms with Gasteiger partial charge in [0.15, 0.2) is 0 Å². The molecule has 1 aromatic carbocycles. The summed E-state index contributed by atoms with van der Waals surface area (Å²) in [6, 6.07) is 4.90. The standard InChI is InChI=1S/C13H9BrN2O4S/c1-7-2-3-8(4-9(7)13(17)18)21-12-10(14)5-15-6-11(12)16(19)20/h2-6H,1H3,(H,17,18). The van der Waals surface area contributed by atoms with Crippen molar-refractivity contribution in [2.24, 2.45) is 0 Å². The predicted molar refractivity (Wildman–Crippen MR) is 80.9 cm³/mol. The quantitative estimate of drug-likeness (QED) is 0.649. The largest absolute Gasteiger partial charge is 0.478 e. The summed E-state index contributed by atoms with van der Waals surface area (Å²) in [6.07, 6.45) is 2.63. The first-order valence-electron chi connectivity index (χ1n) is 5.70. The second kappa shape index (κ2) is 6.23. The molecule has 21 heavy (non-hydrogen) atoms. The van der Waals surface area contributed by atoms with Gasteiger partial charge in [-0.15, -0.1) is 0 Å². The first-order valence-corrected chi connectivity index (χ1v) is 7.30. The molecule has 1 N–H and O–H groups in total. The molecule has 0 unspecified atom stereocenters. The van der Waals surface area contributed by atoms with Crippen molar-refractivity contribution in [2.75, 3.05) is 0 Å². The summed E-state index contributed by atoms with van der Waals surface area (Å²) in [7, 11) is 0. The van der Waals surface area contributed by atoms with E-state index in [2.05, 4.69) is 20.9 Å². The lowest BCUT2D eigenvalue weighted by molar-refractivity contribution is -0.388. The number of aryl methyl sites for hydroxylation is 1. The Hall–Kier alpha value is -1.93. The van der Waals surface area contributed by atoms with Crippen LogP contribution in [0.3, 0.4) is 0 Å². The third-order valence-corrected chi connectivity index (χ3v) is 4.68. The highest BCUT2D eigenvalue weighted by atomic mass is 79.9. The van der Waals surface area contributed by atoms with Gasteiger partial charge in [0.25, 0.3) is 0 Å². The zero-order valence-electron chi connectivity index (χ0n) is 10.7. The van der Waals surface area contributed by atoms with Crippen molar-refractivity contribution in [3.05, 3.63) is 56.3 Å². The number of hydrogen-bond donors (Lipinski definition) is 1. The lowest BCUT2D eigenvalue weighted by Crippen LogP contribution is -1.99. The van der Waals surface area contributed by atoms with Gasteiger partial charge in [-0.05, 0) is 40.5 Å². The van der Waals surface area contributed by atoms with Gasteiger partial charge in [0.2, 0.25) is 0 Å². The fraction of sp³-hybridized carbons (Fsp3) is 0.0769. The summed E-state index contributed by atoms with van der Waals surface area (Å²) in [4.78, 5) is 26.4. The smallest absolute Gasteiger partial charge is 0.335 e. The van der Waals surface area contributed by atoms with E-state index in [9.17, 15) is 14.9 Å². The summed E-state index contributed by atoms with van der Waals surface area (Å²) in [6.45, 7) is 1.70. The molecular weight excluding hydrogens is 360 g/mol. The van der Waals surface area contributed by atoms with Crippen molar-refractivity contribution >= 4 is 39.3 Å². The number of benzene rings is 1. The average Bonchev–Trinajstić information content (AvgIpc) is 2.42. The van der Waals surface area contributed by atoms with E-state index in [0.717, 1.165) is 11.8 Å². The Morgan fingerprint density at radius 2 is 2.14 bits per heavy atom. The SMILES string of the molecule is Cc1ccc(Sc2c(Br)cncc2[N+](=O)[O-])cc1C(=O)O. The zero-order chi connectivity index (χ0) is 15.6. The first kappa shape index (κ1) is 15.5. The van der Waals surface area contributed by atoms with Crippen molar-refractivity contribution in [2.45, 2.75) is 16.7 Å². The molecule has 0 atom stereocenters. The summed E-state index contributed by atoms with van der Waals surface area (Å²) in [5.74, 6) is -1.03. The topological polar surface area (TPSA) is 93.3 Å². The average molecular weight is 369 g/mol. The van der Waals surface area contributed by atoms with Crippen molar-refractivity contribution in [1.82, 2.24) is 4.98 Å². The number of aromatic carboxylic acids is 1. The molecule has 0 aliphatic heterocycles. The highest BCUT2D eigenvalue weighted by molar-refractivity contribution is 9.10. The molecular formula is C13H9BrN2O4S. The predicted octanol–water partition coefficient (Wildman–Crippen LogP) is 3.91. The molecule has 0 amide bonds. The fourth-order valence-corrected chi connectivity index (χ4v) is 3.15. The maximum atomic E-state index is 11.1. The maximum absolute atomic E-state index is 11.1. The minimum atomic E-state index is -1.03. The minimum absolute atomic E-state index is 0.133. The molecule has 0 spiro atoms. The van der Waals surface area contributed by atoms with Crippen molar-refractivity contribution in [1.29, 1.82) is 0 Å². The molecule has 1 heterocycles. The number of carboxylic acids is 1. The molecule has 108 valence electrons. The summed E-state index contributed by atoms with van der Waals surface area (Å²) < 4.78 is 0.485. The Labute approximate surface area is 132 Å². The lowest BCUT2D eigenvalue weighted by atomic mass is 10.1. The number of hydrogen-bond acceptors (Lipinski definition) is 5. The third kappa shape index (κ3) is 3.40. The van der Waals surface area contributed by atoms with E-state index in [1.807, 2.05) is 0 Å². The van der Waals surface area contributed by atoms with Crippen LogP contribution in [0.4, 0.5) is 5.69 Å². The van der Waals surface area contributed by atoms with Crippen molar-refractivity contribution in [3.63, 3.8) is 0 Å². The van der Waals surface area contributed by atoms with Crippen LogP contribution in [0.1, 0.15) is 15.9 Å². The number of pyridine rings is 1. The molecule has 2 aromatic rings. The van der Waals surface area contributed by atoms with Gasteiger partial charge in [-0.2, -0.15) is 0 Å². The van der Waals surface area contributed by atoms with Crippen LogP contribution in [0.2, 0.25) is 0 Å². The van der Waals surface area contributed by atoms with E-state index in [1.165, 1.54) is 18.5 Å². The Balaban J connectivity index is 2.46. The number of nitro groups is 1. The Kier molecular flexibility index (Phi) is 4.59. The van der Waals surface area contributed by atoms with Crippen LogP contribution in [0, 0.1) is 17.0 Å². The molecule has 8 heteroatoms. The van der Waals surface area contributed by atoms with E-state index < -0.39 is 10.9 Å². The molecule has 1 aromatic heterocycles. The van der Waals surface area contributed by atoms with Crippen LogP contribution in [-0.4, -0.2) is 21.0 Å². The molecule has 0 bridgehead atoms. The molecule has 0 radical (unpaired) electrons. The number of halogens is 1. The molecule has 0 aliphatic carbocycles. The number of carbonyl (C=O) groups is 1. The number of carboxylic acid groups (broad SMARTS) is 1. The molecule has 0 saturated heterocycles. The van der Waals surface area contributed by atoms with Crippen molar-refractivity contribution < 1.29 is 14.8 Å². The van der Waals surface area contributed by atoms with Gasteiger partial charge in [0.1, 0.15) is 11.1 Å². The molecule has 0 saturated carbocycles. The molecule has 2 rings (SSSR count). The third-order valence-electron chi connectivity index (χ3n) is 2.69. The van der Waals surface area contributed by atoms with Gasteiger partial charge in [-0.3, -0.25) is 15.1 Å². The lowest BCUT2D eigenvalue weighted by Gasteiger charge is -2.07. The van der Waals surface area contributed by atoms with E-state index in [1.54, 1.807) is 19.1 Å². The number of rotatable bonds is 4. The highest BCUT2D eigenvalue weighted by Gasteiger charge is 2.19. The Bertz CT molecular complexity index is 736. The number of aromatic nitrogens is 1. The fourth-order valence-electron chi connectivity index (χ4n) is 1.66. The number of nitrogens with zero attached hydrogens (tertiary/aromatic N) is 2. The monoisotopic (exact) mass is 368 g/mol. The minimum Gasteiger partial charge on any atom is -0.478 e. The Morgan fingerprint density at radius 1 is 1.43 bits per heavy atom. The molecule has 0 fully saturated rings. The van der Waals surface area contributed by atoms with Crippen LogP contribution in [0.25, 0.3) is 0 Å². The van der Waals surface area contributed by atoms with Crippen LogP contribution in [0.5, 0.6) is 0 Å². The second-order valence-electron chi connectivity index (χ2n) is 4.11. The zero-order valence-corrected chi connectivity index (χ0v) is 13.1. The van der Waals surface area contributed by atoms with E-state index in [-0.39, 0.29) is 11.3 Å². The van der Waals surface area contributed by atoms with Crippen LogP contribution in [0.15, 0.2) is 44.9 Å². The van der Waals surface area contributed by atoms with Gasteiger partial charge in [-0.25, -0.2) is 4.79 Å². The van der Waals surface area contributed by atoms with Gasteiger partial charge in [-0.1, -0.05) is 17.8 Å². The highest BCUT2D eigenvalue weighted by Crippen LogP contribution is 2.39. The maximum Gasteiger partial charge on any atom is 0.335 e. The second-order valence-corrected chi connectivity index (χ2v) is 6.05. The Morgan fingerprint density at radius 3 is 2.76 bits per heavy atom. The van der Waals surface area contributed by atoms with Gasteiger partial charge >= 0.3 is 11.7 Å². The van der Waals surface area contributed by atoms with Crippen LogP contribution in [-0.2, 0) is 0 Å². The van der Waals surface area contributed by atoms with Crippen LogP contribution < -0.4 is 0 Å². The van der Waals surface area contributed by atoms with E-state index >= 15 is 0 Å². The van der Waals surface area contributed by atoms with Crippen LogP contribution >= 0.6 is 27.7 Å². The van der Waals surface area contributed by atoms with Gasteiger partial charge in [0.05, 0.1) is 15.0 Å². The van der Waals surface area contributed by atoms with Gasteiger partial charge < -0.3 is 5.11 Å². The molecule has 0 aliphatic rings. The first-order chi connectivity index (χ1) is 9.90. The summed E-state index contributed by atoms with van der Waals surface area (Å²) >= 11 is 4.35. The normalized spacial score (nSPS) is 10.4. The van der Waals surface area contributed by atoms with E-state index in [0.29, 0.717) is 19.8 Å². The van der Waals surface area contributed by atoms with Crippen molar-refractivity contribution in [3.8, 4) is 0 Å². The van der Waals surface area contributed by atoms with E-state index in [4.69, 9.17) is 5.11 Å². The van der Waals surface area contributed by atoms with Gasteiger partial charge in [0, 0.05) is 11.1 Å². The molecule has 6 nitrogen and oxygen atoms in total. The summed E-state index contributed by atoms with van der Waals surface area (Å²) in [5.41, 5.74) is 0.676. The summed E-state index contributed by atoms with van der Waals surface area (Å²) in [5, 5.41) is 20.1.